The molecule has 2 heterocycles. The number of urea groups is 1. The number of para-hydroxylation sites is 1. The van der Waals surface area contributed by atoms with Gasteiger partial charge in [-0.05, 0) is 36.2 Å². The fourth-order valence-corrected chi connectivity index (χ4v) is 3.84. The molecule has 0 spiro atoms. The zero-order valence-corrected chi connectivity index (χ0v) is 17.1. The molecule has 2 aromatic rings. The minimum absolute atomic E-state index is 0.0488. The smallest absolute Gasteiger partial charge is 0.322 e. The third kappa shape index (κ3) is 3.89. The summed E-state index contributed by atoms with van der Waals surface area (Å²) in [6, 6.07) is 16.3. The van der Waals surface area contributed by atoms with Crippen LogP contribution < -0.4 is 10.1 Å². The number of likely N-dealkylation sites (N-methyl/N-ethyl adjacent to an activating group) is 1. The van der Waals surface area contributed by atoms with Crippen molar-refractivity contribution in [1.29, 1.82) is 0 Å². The summed E-state index contributed by atoms with van der Waals surface area (Å²) in [7, 11) is 3.34. The minimum atomic E-state index is -0.511. The number of carbonyl (C=O) groups excluding carboxylic acids is 2. The van der Waals surface area contributed by atoms with E-state index in [0.29, 0.717) is 31.0 Å². The third-order valence-corrected chi connectivity index (χ3v) is 5.38. The summed E-state index contributed by atoms with van der Waals surface area (Å²) in [6.07, 6.45) is 0.749. The first-order valence-electron chi connectivity index (χ1n) is 9.97. The normalized spacial score (nSPS) is 18.5. The largest absolute Gasteiger partial charge is 0.457 e. The van der Waals surface area contributed by atoms with Crippen molar-refractivity contribution in [2.45, 2.75) is 12.5 Å². The molecule has 7 nitrogen and oxygen atoms in total. The molecule has 0 saturated carbocycles. The fraction of sp³-hybridized carbons (Fsp3) is 0.304. The molecule has 4 rings (SSSR count). The van der Waals surface area contributed by atoms with Gasteiger partial charge in [-0.3, -0.25) is 9.69 Å². The van der Waals surface area contributed by atoms with Gasteiger partial charge >= 0.3 is 6.03 Å². The number of amides is 3. The molecule has 0 aromatic heterocycles. The van der Waals surface area contributed by atoms with E-state index >= 15 is 0 Å². The molecule has 1 unspecified atom stereocenters. The molecule has 2 aromatic carbocycles. The second-order valence-corrected chi connectivity index (χ2v) is 7.36. The Kier molecular flexibility index (Phi) is 5.72. The van der Waals surface area contributed by atoms with Gasteiger partial charge in [-0.1, -0.05) is 30.3 Å². The average molecular weight is 407 g/mol. The Hall–Kier alpha value is -3.32. The molecular formula is C23H25N3O4. The molecule has 1 N–H and O–H groups in total. The minimum Gasteiger partial charge on any atom is -0.457 e. The molecule has 0 radical (unpaired) electrons. The van der Waals surface area contributed by atoms with Gasteiger partial charge in [0.15, 0.2) is 0 Å². The lowest BCUT2D eigenvalue weighted by Gasteiger charge is -2.31. The molecule has 3 amide bonds. The van der Waals surface area contributed by atoms with Crippen molar-refractivity contribution in [1.82, 2.24) is 15.1 Å². The predicted molar refractivity (Wildman–Crippen MR) is 112 cm³/mol. The van der Waals surface area contributed by atoms with E-state index in [1.807, 2.05) is 54.6 Å². The van der Waals surface area contributed by atoms with Crippen LogP contribution in [0.25, 0.3) is 0 Å². The number of nitrogens with zero attached hydrogens (tertiary/aromatic N) is 2. The van der Waals surface area contributed by atoms with E-state index in [2.05, 4.69) is 5.32 Å². The van der Waals surface area contributed by atoms with Gasteiger partial charge in [0, 0.05) is 27.3 Å². The summed E-state index contributed by atoms with van der Waals surface area (Å²) in [5, 5.41) is 2.96. The molecule has 2 aliphatic heterocycles. The van der Waals surface area contributed by atoms with Gasteiger partial charge in [0.05, 0.1) is 23.9 Å². The highest BCUT2D eigenvalue weighted by molar-refractivity contribution is 6.01. The Labute approximate surface area is 175 Å². The van der Waals surface area contributed by atoms with Gasteiger partial charge in [-0.25, -0.2) is 4.79 Å². The first-order valence-corrected chi connectivity index (χ1v) is 9.97. The van der Waals surface area contributed by atoms with Crippen LogP contribution in [0.3, 0.4) is 0 Å². The number of methoxy groups -OCH3 is 1. The van der Waals surface area contributed by atoms with Crippen molar-refractivity contribution >= 4 is 11.9 Å². The Balaban J connectivity index is 1.61. The van der Waals surface area contributed by atoms with Gasteiger partial charge in [-0.2, -0.15) is 0 Å². The van der Waals surface area contributed by atoms with Crippen molar-refractivity contribution in [2.75, 3.05) is 33.9 Å². The Morgan fingerprint density at radius 3 is 2.60 bits per heavy atom. The van der Waals surface area contributed by atoms with Gasteiger partial charge in [-0.15, -0.1) is 0 Å². The van der Waals surface area contributed by atoms with E-state index in [1.165, 1.54) is 4.90 Å². The lowest BCUT2D eigenvalue weighted by molar-refractivity contribution is -0.125. The summed E-state index contributed by atoms with van der Waals surface area (Å²) in [6.45, 7) is 1.61. The number of carbonyl (C=O) groups is 2. The molecule has 30 heavy (non-hydrogen) atoms. The second-order valence-electron chi connectivity index (χ2n) is 7.36. The van der Waals surface area contributed by atoms with E-state index in [9.17, 15) is 9.59 Å². The fourth-order valence-electron chi connectivity index (χ4n) is 3.84. The number of rotatable bonds is 7. The lowest BCUT2D eigenvalue weighted by Crippen LogP contribution is -2.45. The Morgan fingerprint density at radius 2 is 1.83 bits per heavy atom. The van der Waals surface area contributed by atoms with Crippen LogP contribution >= 0.6 is 0 Å². The van der Waals surface area contributed by atoms with Crippen LogP contribution in [0.1, 0.15) is 18.0 Å². The third-order valence-electron chi connectivity index (χ3n) is 5.38. The number of benzene rings is 2. The van der Waals surface area contributed by atoms with Gasteiger partial charge in [0.25, 0.3) is 5.91 Å². The molecular weight excluding hydrogens is 382 g/mol. The van der Waals surface area contributed by atoms with E-state index in [4.69, 9.17) is 9.47 Å². The standard InChI is InChI=1S/C23H25N3O4/c1-25-19-15-26(12-7-13-29-2)22(27)20(19)21(24-23(25)28)16-8-6-11-18(14-16)30-17-9-4-3-5-10-17/h3-6,8-11,14,21H,7,12-13,15H2,1-2H3,(H,24,28). The Bertz CT molecular complexity index is 973. The van der Waals surface area contributed by atoms with Gasteiger partial charge in [0.1, 0.15) is 11.5 Å². The van der Waals surface area contributed by atoms with E-state index in [0.717, 1.165) is 23.4 Å². The van der Waals surface area contributed by atoms with Crippen LogP contribution in [0, 0.1) is 0 Å². The summed E-state index contributed by atoms with van der Waals surface area (Å²) < 4.78 is 11.0. The SMILES string of the molecule is COCCCN1CC2=C(C1=O)C(c1cccc(Oc3ccccc3)c1)NC(=O)N2C. The molecule has 7 heteroatoms. The quantitative estimate of drug-likeness (QED) is 0.715. The van der Waals surface area contributed by atoms with Crippen molar-refractivity contribution in [2.24, 2.45) is 0 Å². The van der Waals surface area contributed by atoms with Crippen LogP contribution in [-0.4, -0.2) is 55.6 Å². The molecule has 156 valence electrons. The Morgan fingerprint density at radius 1 is 1.07 bits per heavy atom. The molecule has 0 fully saturated rings. The number of hydrogen-bond donors (Lipinski definition) is 1. The molecule has 0 aliphatic carbocycles. The van der Waals surface area contributed by atoms with E-state index < -0.39 is 6.04 Å². The lowest BCUT2D eigenvalue weighted by atomic mass is 9.95. The van der Waals surface area contributed by atoms with Crippen LogP contribution in [-0.2, 0) is 9.53 Å². The summed E-state index contributed by atoms with van der Waals surface area (Å²) in [5.74, 6) is 1.33. The van der Waals surface area contributed by atoms with Gasteiger partial charge in [0.2, 0.25) is 0 Å². The van der Waals surface area contributed by atoms with Crippen molar-refractivity contribution in [3.8, 4) is 11.5 Å². The molecule has 1 atom stereocenters. The van der Waals surface area contributed by atoms with Crippen LogP contribution in [0.15, 0.2) is 65.9 Å². The van der Waals surface area contributed by atoms with Crippen molar-refractivity contribution in [3.63, 3.8) is 0 Å². The maximum atomic E-state index is 13.2. The predicted octanol–water partition coefficient (Wildman–Crippen LogP) is 3.31. The zero-order valence-electron chi connectivity index (χ0n) is 17.1. The molecule has 0 saturated heterocycles. The molecule has 2 aliphatic rings. The molecule has 0 bridgehead atoms. The average Bonchev–Trinajstić information content (AvgIpc) is 3.08. The number of hydrogen-bond acceptors (Lipinski definition) is 4. The van der Waals surface area contributed by atoms with E-state index in [1.54, 1.807) is 19.1 Å². The number of ether oxygens (including phenoxy) is 2. The number of nitrogens with one attached hydrogen (secondary N) is 1. The first-order chi connectivity index (χ1) is 14.6. The maximum absolute atomic E-state index is 13.2. The maximum Gasteiger partial charge on any atom is 0.322 e. The van der Waals surface area contributed by atoms with Crippen LogP contribution in [0.4, 0.5) is 4.79 Å². The highest BCUT2D eigenvalue weighted by Crippen LogP contribution is 2.37. The van der Waals surface area contributed by atoms with Crippen molar-refractivity contribution in [3.05, 3.63) is 71.4 Å². The second kappa shape index (κ2) is 8.59. The van der Waals surface area contributed by atoms with Crippen LogP contribution in [0.5, 0.6) is 11.5 Å². The van der Waals surface area contributed by atoms with Crippen molar-refractivity contribution < 1.29 is 19.1 Å². The monoisotopic (exact) mass is 407 g/mol. The van der Waals surface area contributed by atoms with E-state index in [-0.39, 0.29) is 11.9 Å². The van der Waals surface area contributed by atoms with Crippen LogP contribution in [0.2, 0.25) is 0 Å². The topological polar surface area (TPSA) is 71.1 Å². The highest BCUT2D eigenvalue weighted by Gasteiger charge is 2.42. The summed E-state index contributed by atoms with van der Waals surface area (Å²) >= 11 is 0. The summed E-state index contributed by atoms with van der Waals surface area (Å²) in [4.78, 5) is 29.0. The highest BCUT2D eigenvalue weighted by atomic mass is 16.5. The first kappa shape index (κ1) is 20.0. The van der Waals surface area contributed by atoms with Gasteiger partial charge < -0.3 is 19.7 Å². The summed E-state index contributed by atoms with van der Waals surface area (Å²) in [5.41, 5.74) is 2.18. The zero-order chi connectivity index (χ0) is 21.1.